The summed E-state index contributed by atoms with van der Waals surface area (Å²) in [5.74, 6) is 1.12. The smallest absolute Gasteiger partial charge is 0.141 e. The van der Waals surface area contributed by atoms with Crippen LogP contribution in [-0.2, 0) is 0 Å². The molecule has 0 atom stereocenters. The first-order valence-corrected chi connectivity index (χ1v) is 10.3. The predicted molar refractivity (Wildman–Crippen MR) is 125 cm³/mol. The van der Waals surface area contributed by atoms with Gasteiger partial charge in [0.25, 0.3) is 0 Å². The molecule has 154 valence electrons. The van der Waals surface area contributed by atoms with Gasteiger partial charge >= 0.3 is 0 Å². The summed E-state index contributed by atoms with van der Waals surface area (Å²) >= 11 is 0. The van der Waals surface area contributed by atoms with Crippen molar-refractivity contribution in [1.29, 1.82) is 0 Å². The Balaban J connectivity index is 0.00000300. The number of hydrogen-bond acceptors (Lipinski definition) is 3. The van der Waals surface area contributed by atoms with Crippen molar-refractivity contribution < 1.29 is 9.84 Å². The number of halogens is 1. The first-order valence-electron chi connectivity index (χ1n) is 10.3. The molecule has 0 spiro atoms. The van der Waals surface area contributed by atoms with Crippen molar-refractivity contribution in [2.24, 2.45) is 0 Å². The molecule has 0 unspecified atom stereocenters. The molecule has 0 fully saturated rings. The van der Waals surface area contributed by atoms with Crippen molar-refractivity contribution >= 4 is 35.5 Å². The van der Waals surface area contributed by atoms with Gasteiger partial charge in [0.1, 0.15) is 17.0 Å². The fourth-order valence-corrected chi connectivity index (χ4v) is 3.17. The number of fused-ring (bicyclic) bond motifs is 1. The molecule has 0 aliphatic rings. The van der Waals surface area contributed by atoms with E-state index in [9.17, 15) is 5.11 Å². The van der Waals surface area contributed by atoms with Crippen LogP contribution in [0, 0.1) is 0 Å². The summed E-state index contributed by atoms with van der Waals surface area (Å²) in [5, 5.41) is 10.9. The lowest BCUT2D eigenvalue weighted by Crippen LogP contribution is -1.97. The van der Waals surface area contributed by atoms with Crippen molar-refractivity contribution in [3.05, 3.63) is 65.9 Å². The number of nitrogens with zero attached hydrogens (tertiary/aromatic N) is 1. The van der Waals surface area contributed by atoms with Crippen LogP contribution >= 0.6 is 12.4 Å². The molecule has 0 aliphatic heterocycles. The number of para-hydroxylation sites is 1. The first kappa shape index (κ1) is 22.8. The number of pyridine rings is 1. The minimum absolute atomic E-state index is 0. The van der Waals surface area contributed by atoms with E-state index in [2.05, 4.69) is 11.9 Å². The monoisotopic (exact) mass is 411 g/mol. The molecule has 0 amide bonds. The predicted octanol–water partition coefficient (Wildman–Crippen LogP) is 7.27. The quantitative estimate of drug-likeness (QED) is 0.356. The molecule has 0 bridgehead atoms. The highest BCUT2D eigenvalue weighted by Crippen LogP contribution is 2.23. The number of ether oxygens (including phenoxy) is 1. The van der Waals surface area contributed by atoms with Gasteiger partial charge in [-0.15, -0.1) is 12.4 Å². The maximum atomic E-state index is 9.95. The highest BCUT2D eigenvalue weighted by molar-refractivity contribution is 5.86. The zero-order chi connectivity index (χ0) is 19.6. The van der Waals surface area contributed by atoms with E-state index in [1.807, 2.05) is 60.7 Å². The van der Waals surface area contributed by atoms with Crippen LogP contribution in [0.25, 0.3) is 23.1 Å². The Morgan fingerprint density at radius 1 is 0.862 bits per heavy atom. The van der Waals surface area contributed by atoms with Gasteiger partial charge in [-0.25, -0.2) is 4.98 Å². The van der Waals surface area contributed by atoms with E-state index in [0.717, 1.165) is 35.4 Å². The van der Waals surface area contributed by atoms with Gasteiger partial charge in [0, 0.05) is 5.39 Å². The molecule has 2 aromatic carbocycles. The third-order valence-corrected chi connectivity index (χ3v) is 4.81. The molecule has 1 aromatic heterocycles. The van der Waals surface area contributed by atoms with E-state index >= 15 is 0 Å². The number of phenolic OH excluding ortho intramolecular Hbond substituents is 1. The second kappa shape index (κ2) is 12.1. The lowest BCUT2D eigenvalue weighted by molar-refractivity contribution is 0.304. The maximum Gasteiger partial charge on any atom is 0.141 e. The fourth-order valence-electron chi connectivity index (χ4n) is 3.17. The van der Waals surface area contributed by atoms with Crippen molar-refractivity contribution in [3.8, 4) is 11.5 Å². The lowest BCUT2D eigenvalue weighted by atomic mass is 10.1. The van der Waals surface area contributed by atoms with Gasteiger partial charge < -0.3 is 9.84 Å². The molecular formula is C25H30ClNO2. The molecule has 0 radical (unpaired) electrons. The summed E-state index contributed by atoms with van der Waals surface area (Å²) < 4.78 is 5.83. The summed E-state index contributed by atoms with van der Waals surface area (Å²) in [6.45, 7) is 3.02. The van der Waals surface area contributed by atoms with Crippen LogP contribution in [-0.4, -0.2) is 16.7 Å². The van der Waals surface area contributed by atoms with Gasteiger partial charge in [0.15, 0.2) is 0 Å². The largest absolute Gasteiger partial charge is 0.506 e. The number of unbranched alkanes of at least 4 members (excludes halogenated alkanes) is 5. The van der Waals surface area contributed by atoms with Crippen LogP contribution in [0.5, 0.6) is 11.5 Å². The topological polar surface area (TPSA) is 42.4 Å². The van der Waals surface area contributed by atoms with Gasteiger partial charge in [-0.05, 0) is 42.3 Å². The number of benzene rings is 2. The summed E-state index contributed by atoms with van der Waals surface area (Å²) in [6, 6.07) is 17.5. The minimum atomic E-state index is 0. The minimum Gasteiger partial charge on any atom is -0.506 e. The zero-order valence-electron chi connectivity index (χ0n) is 17.0. The van der Waals surface area contributed by atoms with Gasteiger partial charge in [-0.2, -0.15) is 0 Å². The van der Waals surface area contributed by atoms with Crippen molar-refractivity contribution in [3.63, 3.8) is 0 Å². The number of rotatable bonds is 10. The van der Waals surface area contributed by atoms with Gasteiger partial charge in [0.2, 0.25) is 0 Å². The van der Waals surface area contributed by atoms with Crippen LogP contribution in [0.1, 0.15) is 56.7 Å². The average Bonchev–Trinajstić information content (AvgIpc) is 2.73. The first-order chi connectivity index (χ1) is 13.8. The van der Waals surface area contributed by atoms with E-state index in [4.69, 9.17) is 4.74 Å². The Morgan fingerprint density at radius 3 is 2.41 bits per heavy atom. The second-order valence-electron chi connectivity index (χ2n) is 7.10. The van der Waals surface area contributed by atoms with E-state index in [-0.39, 0.29) is 18.2 Å². The highest BCUT2D eigenvalue weighted by Gasteiger charge is 2.01. The van der Waals surface area contributed by atoms with Crippen LogP contribution in [0.2, 0.25) is 0 Å². The van der Waals surface area contributed by atoms with E-state index in [1.165, 1.54) is 32.1 Å². The Morgan fingerprint density at radius 2 is 1.62 bits per heavy atom. The van der Waals surface area contributed by atoms with E-state index in [0.29, 0.717) is 5.52 Å². The summed E-state index contributed by atoms with van der Waals surface area (Å²) in [7, 11) is 0. The molecule has 3 nitrogen and oxygen atoms in total. The molecular weight excluding hydrogens is 382 g/mol. The lowest BCUT2D eigenvalue weighted by Gasteiger charge is -2.06. The molecule has 1 heterocycles. The fraction of sp³-hybridized carbons (Fsp3) is 0.320. The van der Waals surface area contributed by atoms with Crippen LogP contribution < -0.4 is 4.74 Å². The van der Waals surface area contributed by atoms with Crippen molar-refractivity contribution in [1.82, 2.24) is 4.98 Å². The molecule has 3 rings (SSSR count). The van der Waals surface area contributed by atoms with Crippen molar-refractivity contribution in [2.45, 2.75) is 45.4 Å². The maximum absolute atomic E-state index is 9.95. The summed E-state index contributed by atoms with van der Waals surface area (Å²) in [5.41, 5.74) is 2.53. The molecule has 4 heteroatoms. The van der Waals surface area contributed by atoms with E-state index in [1.54, 1.807) is 6.07 Å². The van der Waals surface area contributed by atoms with Gasteiger partial charge in [0.05, 0.1) is 12.3 Å². The Bertz CT molecular complexity index is 906. The van der Waals surface area contributed by atoms with Crippen LogP contribution in [0.15, 0.2) is 54.6 Å². The molecule has 3 aromatic rings. The average molecular weight is 412 g/mol. The molecule has 1 N–H and O–H groups in total. The normalized spacial score (nSPS) is 10.9. The zero-order valence-corrected chi connectivity index (χ0v) is 17.8. The standard InChI is InChI=1S/C25H29NO2.ClH/c1-2-3-4-5-6-7-19-28-23-17-12-20(13-18-23)11-15-22-16-14-21-9-8-10-24(27)25(21)26-22;/h8-18,27H,2-7,19H2,1H3;1H/b15-11+;. The Labute approximate surface area is 179 Å². The van der Waals surface area contributed by atoms with Gasteiger partial charge in [-0.1, -0.05) is 75.4 Å². The number of aromatic nitrogens is 1. The van der Waals surface area contributed by atoms with E-state index < -0.39 is 0 Å². The molecule has 29 heavy (non-hydrogen) atoms. The number of aromatic hydroxyl groups is 1. The van der Waals surface area contributed by atoms with Gasteiger partial charge in [-0.3, -0.25) is 0 Å². The molecule has 0 saturated heterocycles. The molecule has 0 aliphatic carbocycles. The number of phenols is 1. The summed E-state index contributed by atoms with van der Waals surface area (Å²) in [4.78, 5) is 4.52. The molecule has 0 saturated carbocycles. The van der Waals surface area contributed by atoms with Crippen molar-refractivity contribution in [2.75, 3.05) is 6.61 Å². The Kier molecular flexibility index (Phi) is 9.52. The van der Waals surface area contributed by atoms with Crippen LogP contribution in [0.3, 0.4) is 0 Å². The number of hydrogen-bond donors (Lipinski definition) is 1. The van der Waals surface area contributed by atoms with Crippen LogP contribution in [0.4, 0.5) is 0 Å². The third-order valence-electron chi connectivity index (χ3n) is 4.81. The third kappa shape index (κ3) is 7.10. The second-order valence-corrected chi connectivity index (χ2v) is 7.10. The summed E-state index contributed by atoms with van der Waals surface area (Å²) in [6.07, 6.45) is 11.6. The Hall–Kier alpha value is -2.52. The SMILES string of the molecule is CCCCCCCCOc1ccc(/C=C/c2ccc3cccc(O)c3n2)cc1.Cl. The highest BCUT2D eigenvalue weighted by atomic mass is 35.5.